The predicted octanol–water partition coefficient (Wildman–Crippen LogP) is 1.36. The minimum Gasteiger partial charge on any atom is -0.368 e. The van der Waals surface area contributed by atoms with E-state index < -0.39 is 0 Å². The summed E-state index contributed by atoms with van der Waals surface area (Å²) in [6, 6.07) is 7.80. The SMILES string of the molecule is O=C(NCc1nc2ccccc2[nH]1)C1CCCO1. The van der Waals surface area contributed by atoms with Crippen LogP contribution < -0.4 is 5.32 Å². The first-order chi connectivity index (χ1) is 8.83. The van der Waals surface area contributed by atoms with Gasteiger partial charge >= 0.3 is 0 Å². The van der Waals surface area contributed by atoms with Crippen molar-refractivity contribution in [1.82, 2.24) is 15.3 Å². The van der Waals surface area contributed by atoms with Crippen LogP contribution in [0.2, 0.25) is 0 Å². The van der Waals surface area contributed by atoms with E-state index in [4.69, 9.17) is 4.74 Å². The number of ether oxygens (including phenoxy) is 1. The average Bonchev–Trinajstić information content (AvgIpc) is 3.04. The molecule has 2 N–H and O–H groups in total. The number of nitrogens with one attached hydrogen (secondary N) is 2. The molecule has 1 aromatic carbocycles. The molecule has 1 aromatic heterocycles. The molecule has 94 valence electrons. The first-order valence-corrected chi connectivity index (χ1v) is 6.16. The van der Waals surface area contributed by atoms with Crippen LogP contribution in [0.1, 0.15) is 18.7 Å². The van der Waals surface area contributed by atoms with Crippen molar-refractivity contribution < 1.29 is 9.53 Å². The van der Waals surface area contributed by atoms with Crippen molar-refractivity contribution in [3.63, 3.8) is 0 Å². The van der Waals surface area contributed by atoms with Gasteiger partial charge < -0.3 is 15.0 Å². The van der Waals surface area contributed by atoms with Crippen LogP contribution in [-0.4, -0.2) is 28.6 Å². The second-order valence-electron chi connectivity index (χ2n) is 4.42. The zero-order valence-corrected chi connectivity index (χ0v) is 9.98. The second-order valence-corrected chi connectivity index (χ2v) is 4.42. The molecule has 1 aliphatic heterocycles. The van der Waals surface area contributed by atoms with Gasteiger partial charge in [-0.2, -0.15) is 0 Å². The van der Waals surface area contributed by atoms with Gasteiger partial charge in [0.25, 0.3) is 0 Å². The fourth-order valence-corrected chi connectivity index (χ4v) is 2.16. The third kappa shape index (κ3) is 2.22. The zero-order chi connectivity index (χ0) is 12.4. The Morgan fingerprint density at radius 1 is 1.50 bits per heavy atom. The number of fused-ring (bicyclic) bond motifs is 1. The molecule has 1 aliphatic rings. The number of hydrogen-bond acceptors (Lipinski definition) is 3. The van der Waals surface area contributed by atoms with E-state index in [9.17, 15) is 4.79 Å². The largest absolute Gasteiger partial charge is 0.368 e. The molecule has 2 aromatic rings. The van der Waals surface area contributed by atoms with Crippen molar-refractivity contribution >= 4 is 16.9 Å². The monoisotopic (exact) mass is 245 g/mol. The summed E-state index contributed by atoms with van der Waals surface area (Å²) in [6.45, 7) is 1.09. The number of carbonyl (C=O) groups excluding carboxylic acids is 1. The fraction of sp³-hybridized carbons (Fsp3) is 0.385. The lowest BCUT2D eigenvalue weighted by atomic mass is 10.2. The van der Waals surface area contributed by atoms with Gasteiger partial charge in [0, 0.05) is 6.61 Å². The topological polar surface area (TPSA) is 67.0 Å². The highest BCUT2D eigenvalue weighted by atomic mass is 16.5. The van der Waals surface area contributed by atoms with E-state index in [2.05, 4.69) is 15.3 Å². The summed E-state index contributed by atoms with van der Waals surface area (Å²) in [5, 5.41) is 2.84. The number of hydrogen-bond donors (Lipinski definition) is 2. The molecule has 0 aliphatic carbocycles. The van der Waals surface area contributed by atoms with Crippen LogP contribution in [0, 0.1) is 0 Å². The molecule has 1 fully saturated rings. The molecule has 3 rings (SSSR count). The lowest BCUT2D eigenvalue weighted by Gasteiger charge is -2.08. The molecule has 0 bridgehead atoms. The third-order valence-corrected chi connectivity index (χ3v) is 3.09. The number of carbonyl (C=O) groups is 1. The number of aromatic amines is 1. The van der Waals surface area contributed by atoms with E-state index in [1.54, 1.807) is 0 Å². The third-order valence-electron chi connectivity index (χ3n) is 3.09. The minimum absolute atomic E-state index is 0.0482. The Balaban J connectivity index is 1.63. The van der Waals surface area contributed by atoms with Gasteiger partial charge in [-0.1, -0.05) is 12.1 Å². The summed E-state index contributed by atoms with van der Waals surface area (Å²) in [6.07, 6.45) is 1.49. The molecule has 2 heterocycles. The molecule has 5 heteroatoms. The van der Waals surface area contributed by atoms with E-state index in [-0.39, 0.29) is 12.0 Å². The van der Waals surface area contributed by atoms with Gasteiger partial charge in [0.1, 0.15) is 11.9 Å². The molecule has 0 radical (unpaired) electrons. The number of H-pyrrole nitrogens is 1. The highest BCUT2D eigenvalue weighted by Gasteiger charge is 2.23. The van der Waals surface area contributed by atoms with Crippen LogP contribution in [0.25, 0.3) is 11.0 Å². The summed E-state index contributed by atoms with van der Waals surface area (Å²) < 4.78 is 5.32. The van der Waals surface area contributed by atoms with E-state index in [1.807, 2.05) is 24.3 Å². The van der Waals surface area contributed by atoms with Crippen LogP contribution in [0.3, 0.4) is 0 Å². The molecular weight excluding hydrogens is 230 g/mol. The lowest BCUT2D eigenvalue weighted by Crippen LogP contribution is -2.33. The van der Waals surface area contributed by atoms with Crippen LogP contribution in [0.5, 0.6) is 0 Å². The van der Waals surface area contributed by atoms with Crippen LogP contribution in [0.15, 0.2) is 24.3 Å². The zero-order valence-electron chi connectivity index (χ0n) is 9.98. The Kier molecular flexibility index (Phi) is 2.98. The number of rotatable bonds is 3. The Labute approximate surface area is 105 Å². The molecule has 0 saturated carbocycles. The van der Waals surface area contributed by atoms with Gasteiger partial charge in [-0.25, -0.2) is 4.98 Å². The van der Waals surface area contributed by atoms with E-state index in [0.717, 1.165) is 29.7 Å². The van der Waals surface area contributed by atoms with E-state index in [1.165, 1.54) is 0 Å². The standard InChI is InChI=1S/C13H15N3O2/c17-13(11-6-3-7-18-11)14-8-12-15-9-4-1-2-5-10(9)16-12/h1-2,4-5,11H,3,6-8H2,(H,14,17)(H,15,16). The average molecular weight is 245 g/mol. The van der Waals surface area contributed by atoms with Crippen molar-refractivity contribution in [2.24, 2.45) is 0 Å². The Hall–Kier alpha value is -1.88. The fourth-order valence-electron chi connectivity index (χ4n) is 2.16. The summed E-state index contributed by atoms with van der Waals surface area (Å²) in [7, 11) is 0. The number of benzene rings is 1. The highest BCUT2D eigenvalue weighted by Crippen LogP contribution is 2.13. The van der Waals surface area contributed by atoms with Crippen LogP contribution in [0.4, 0.5) is 0 Å². The predicted molar refractivity (Wildman–Crippen MR) is 66.9 cm³/mol. The number of nitrogens with zero attached hydrogens (tertiary/aromatic N) is 1. The molecule has 18 heavy (non-hydrogen) atoms. The Bertz CT molecular complexity index is 525. The van der Waals surface area contributed by atoms with Crippen molar-refractivity contribution in [3.8, 4) is 0 Å². The van der Waals surface area contributed by atoms with Gasteiger partial charge in [0.05, 0.1) is 17.6 Å². The van der Waals surface area contributed by atoms with Gasteiger partial charge in [-0.15, -0.1) is 0 Å². The number of amides is 1. The molecule has 5 nitrogen and oxygen atoms in total. The van der Waals surface area contributed by atoms with E-state index in [0.29, 0.717) is 13.2 Å². The van der Waals surface area contributed by atoms with Gasteiger partial charge in [0.15, 0.2) is 0 Å². The van der Waals surface area contributed by atoms with Crippen LogP contribution in [-0.2, 0) is 16.1 Å². The van der Waals surface area contributed by atoms with Crippen LogP contribution >= 0.6 is 0 Å². The van der Waals surface area contributed by atoms with Crippen molar-refractivity contribution in [2.45, 2.75) is 25.5 Å². The Morgan fingerprint density at radius 2 is 2.39 bits per heavy atom. The summed E-state index contributed by atoms with van der Waals surface area (Å²) in [5.41, 5.74) is 1.90. The molecule has 1 saturated heterocycles. The van der Waals surface area contributed by atoms with E-state index >= 15 is 0 Å². The molecular formula is C13H15N3O2. The second kappa shape index (κ2) is 4.78. The number of para-hydroxylation sites is 2. The maximum absolute atomic E-state index is 11.8. The molecule has 0 spiro atoms. The molecule has 1 atom stereocenters. The van der Waals surface area contributed by atoms with Gasteiger partial charge in [-0.05, 0) is 25.0 Å². The molecule has 1 unspecified atom stereocenters. The lowest BCUT2D eigenvalue weighted by molar-refractivity contribution is -0.130. The number of aromatic nitrogens is 2. The summed E-state index contributed by atoms with van der Waals surface area (Å²) in [4.78, 5) is 19.3. The van der Waals surface area contributed by atoms with Gasteiger partial charge in [0.2, 0.25) is 5.91 Å². The summed E-state index contributed by atoms with van der Waals surface area (Å²) in [5.74, 6) is 0.718. The normalized spacial score (nSPS) is 19.2. The summed E-state index contributed by atoms with van der Waals surface area (Å²) >= 11 is 0. The first kappa shape index (κ1) is 11.2. The Morgan fingerprint density at radius 3 is 3.17 bits per heavy atom. The molecule has 1 amide bonds. The minimum atomic E-state index is -0.283. The maximum Gasteiger partial charge on any atom is 0.249 e. The van der Waals surface area contributed by atoms with Gasteiger partial charge in [-0.3, -0.25) is 4.79 Å². The highest BCUT2D eigenvalue weighted by molar-refractivity contribution is 5.81. The quantitative estimate of drug-likeness (QED) is 0.858. The van der Waals surface area contributed by atoms with Crippen molar-refractivity contribution in [1.29, 1.82) is 0 Å². The van der Waals surface area contributed by atoms with Crippen molar-refractivity contribution in [3.05, 3.63) is 30.1 Å². The first-order valence-electron chi connectivity index (χ1n) is 6.16. The maximum atomic E-state index is 11.8. The number of imidazole rings is 1. The smallest absolute Gasteiger partial charge is 0.249 e. The van der Waals surface area contributed by atoms with Crippen molar-refractivity contribution in [2.75, 3.05) is 6.61 Å².